The average Bonchev–Trinajstić information content (AvgIpc) is 2.95. The van der Waals surface area contributed by atoms with Crippen molar-refractivity contribution in [3.63, 3.8) is 0 Å². The molecule has 2 aromatic rings. The van der Waals surface area contributed by atoms with Crippen LogP contribution in [0.2, 0.25) is 0 Å². The largest absolute Gasteiger partial charge is 0.334 e. The molecule has 23 heavy (non-hydrogen) atoms. The maximum atomic E-state index is 12.8. The number of fused-ring (bicyclic) bond motifs is 1. The van der Waals surface area contributed by atoms with E-state index in [1.54, 1.807) is 0 Å². The van der Waals surface area contributed by atoms with Gasteiger partial charge in [-0.15, -0.1) is 0 Å². The van der Waals surface area contributed by atoms with Crippen LogP contribution in [0.25, 0.3) is 0 Å². The normalized spacial score (nSPS) is 15.5. The first kappa shape index (κ1) is 15.8. The van der Waals surface area contributed by atoms with Crippen molar-refractivity contribution >= 4 is 5.91 Å². The number of benzene rings is 2. The Morgan fingerprint density at radius 3 is 1.96 bits per heavy atom. The van der Waals surface area contributed by atoms with Gasteiger partial charge in [0.05, 0.1) is 12.1 Å². The summed E-state index contributed by atoms with van der Waals surface area (Å²) >= 11 is 0. The molecular weight excluding hydrogens is 284 g/mol. The zero-order valence-electron chi connectivity index (χ0n) is 14.1. The van der Waals surface area contributed by atoms with E-state index in [1.165, 1.54) is 16.7 Å². The number of amides is 1. The minimum absolute atomic E-state index is 0.159. The van der Waals surface area contributed by atoms with E-state index < -0.39 is 0 Å². The second kappa shape index (κ2) is 6.17. The second-order valence-electron chi connectivity index (χ2n) is 6.71. The zero-order valence-corrected chi connectivity index (χ0v) is 14.1. The molecule has 120 valence electrons. The third-order valence-corrected chi connectivity index (χ3v) is 4.86. The molecule has 0 radical (unpaired) electrons. The van der Waals surface area contributed by atoms with Gasteiger partial charge in [0.25, 0.3) is 0 Å². The molecule has 1 amide bonds. The highest BCUT2D eigenvalue weighted by Crippen LogP contribution is 2.41. The summed E-state index contributed by atoms with van der Waals surface area (Å²) in [5.41, 5.74) is 3.63. The van der Waals surface area contributed by atoms with Crippen molar-refractivity contribution in [1.82, 2.24) is 9.80 Å². The van der Waals surface area contributed by atoms with E-state index in [9.17, 15) is 4.79 Å². The molecule has 1 aliphatic rings. The lowest BCUT2D eigenvalue weighted by atomic mass is 9.85. The number of carbonyl (C=O) groups is 1. The Morgan fingerprint density at radius 2 is 1.43 bits per heavy atom. The Morgan fingerprint density at radius 1 is 0.913 bits per heavy atom. The predicted octanol–water partition coefficient (Wildman–Crippen LogP) is 2.70. The van der Waals surface area contributed by atoms with Crippen molar-refractivity contribution in [1.29, 1.82) is 0 Å². The van der Waals surface area contributed by atoms with Crippen LogP contribution < -0.4 is 0 Å². The lowest BCUT2D eigenvalue weighted by Gasteiger charge is -2.40. The summed E-state index contributed by atoms with van der Waals surface area (Å²) < 4.78 is 0. The number of likely N-dealkylation sites (N-methyl/N-ethyl adjacent to an activating group) is 2. The van der Waals surface area contributed by atoms with Crippen molar-refractivity contribution in [3.05, 3.63) is 71.3 Å². The SMILES string of the molecule is CN(C)CC(=O)N(C)C1(c2ccccc2)Cc2ccccc2C1. The molecule has 0 fully saturated rings. The molecule has 0 aromatic heterocycles. The molecule has 3 nitrogen and oxygen atoms in total. The van der Waals surface area contributed by atoms with Crippen LogP contribution in [-0.4, -0.2) is 43.4 Å². The molecule has 0 unspecified atom stereocenters. The lowest BCUT2D eigenvalue weighted by molar-refractivity contribution is -0.136. The van der Waals surface area contributed by atoms with Crippen LogP contribution in [0.15, 0.2) is 54.6 Å². The second-order valence-corrected chi connectivity index (χ2v) is 6.71. The Hall–Kier alpha value is -2.13. The summed E-state index contributed by atoms with van der Waals surface area (Å²) in [5, 5.41) is 0. The third kappa shape index (κ3) is 2.89. The molecule has 0 heterocycles. The van der Waals surface area contributed by atoms with Crippen molar-refractivity contribution in [2.24, 2.45) is 0 Å². The van der Waals surface area contributed by atoms with Gasteiger partial charge < -0.3 is 9.80 Å². The summed E-state index contributed by atoms with van der Waals surface area (Å²) in [6.07, 6.45) is 1.76. The van der Waals surface area contributed by atoms with Gasteiger partial charge in [-0.25, -0.2) is 0 Å². The van der Waals surface area contributed by atoms with Gasteiger partial charge in [-0.2, -0.15) is 0 Å². The maximum absolute atomic E-state index is 12.8. The molecular formula is C20H24N2O. The van der Waals surface area contributed by atoms with E-state index >= 15 is 0 Å². The highest BCUT2D eigenvalue weighted by molar-refractivity contribution is 5.79. The quantitative estimate of drug-likeness (QED) is 0.867. The van der Waals surface area contributed by atoms with Crippen LogP contribution in [-0.2, 0) is 23.2 Å². The Kier molecular flexibility index (Phi) is 4.22. The van der Waals surface area contributed by atoms with Crippen molar-refractivity contribution in [2.75, 3.05) is 27.7 Å². The summed E-state index contributed by atoms with van der Waals surface area (Å²) in [4.78, 5) is 16.6. The molecule has 0 atom stereocenters. The number of carbonyl (C=O) groups excluding carboxylic acids is 1. The molecule has 3 heteroatoms. The predicted molar refractivity (Wildman–Crippen MR) is 93.3 cm³/mol. The minimum atomic E-state index is -0.280. The average molecular weight is 308 g/mol. The molecule has 0 saturated carbocycles. The first-order valence-corrected chi connectivity index (χ1v) is 8.07. The van der Waals surface area contributed by atoms with Gasteiger partial charge in [0, 0.05) is 19.9 Å². The van der Waals surface area contributed by atoms with Crippen molar-refractivity contribution in [2.45, 2.75) is 18.4 Å². The fourth-order valence-corrected chi connectivity index (χ4v) is 3.59. The van der Waals surface area contributed by atoms with Gasteiger partial charge in [-0.1, -0.05) is 54.6 Å². The van der Waals surface area contributed by atoms with E-state index in [2.05, 4.69) is 48.5 Å². The van der Waals surface area contributed by atoms with Gasteiger partial charge in [0.15, 0.2) is 0 Å². The number of rotatable bonds is 4. The molecule has 0 N–H and O–H groups in total. The van der Waals surface area contributed by atoms with Gasteiger partial charge in [0.2, 0.25) is 5.91 Å². The standard InChI is InChI=1S/C20H24N2O/c1-21(2)15-19(23)22(3)20(18-11-5-4-6-12-18)13-16-9-7-8-10-17(16)14-20/h4-12H,13-15H2,1-3H3. The van der Waals surface area contributed by atoms with Gasteiger partial charge in [0.1, 0.15) is 0 Å². The molecule has 2 aromatic carbocycles. The van der Waals surface area contributed by atoms with Gasteiger partial charge in [-0.05, 0) is 30.8 Å². The van der Waals surface area contributed by atoms with Crippen molar-refractivity contribution in [3.8, 4) is 0 Å². The first-order valence-electron chi connectivity index (χ1n) is 8.07. The maximum Gasteiger partial charge on any atom is 0.237 e. The van der Waals surface area contributed by atoms with Crippen LogP contribution in [0.3, 0.4) is 0 Å². The van der Waals surface area contributed by atoms with Crippen LogP contribution in [0.1, 0.15) is 16.7 Å². The van der Waals surface area contributed by atoms with Crippen molar-refractivity contribution < 1.29 is 4.79 Å². The number of hydrogen-bond acceptors (Lipinski definition) is 2. The lowest BCUT2D eigenvalue weighted by Crippen LogP contribution is -2.50. The van der Waals surface area contributed by atoms with Crippen LogP contribution in [0.4, 0.5) is 0 Å². The summed E-state index contributed by atoms with van der Waals surface area (Å²) in [7, 11) is 5.82. The minimum Gasteiger partial charge on any atom is -0.334 e. The number of nitrogens with zero attached hydrogens (tertiary/aromatic N) is 2. The molecule has 3 rings (SSSR count). The van der Waals surface area contributed by atoms with Gasteiger partial charge >= 0.3 is 0 Å². The number of hydrogen-bond donors (Lipinski definition) is 0. The third-order valence-electron chi connectivity index (χ3n) is 4.86. The Bertz CT molecular complexity index is 669. The fraction of sp³-hybridized carbons (Fsp3) is 0.350. The van der Waals surface area contributed by atoms with E-state index in [0.717, 1.165) is 12.8 Å². The monoisotopic (exact) mass is 308 g/mol. The van der Waals surface area contributed by atoms with E-state index in [-0.39, 0.29) is 11.4 Å². The molecule has 0 aliphatic heterocycles. The van der Waals surface area contributed by atoms with Crippen LogP contribution >= 0.6 is 0 Å². The molecule has 0 bridgehead atoms. The van der Waals surface area contributed by atoms with Crippen LogP contribution in [0, 0.1) is 0 Å². The smallest absolute Gasteiger partial charge is 0.237 e. The Labute approximate surface area is 138 Å². The first-order chi connectivity index (χ1) is 11.0. The molecule has 0 spiro atoms. The highest BCUT2D eigenvalue weighted by Gasteiger charge is 2.43. The zero-order chi connectivity index (χ0) is 16.4. The van der Waals surface area contributed by atoms with Crippen LogP contribution in [0.5, 0.6) is 0 Å². The topological polar surface area (TPSA) is 23.6 Å². The summed E-state index contributed by atoms with van der Waals surface area (Å²) in [6, 6.07) is 19.0. The molecule has 0 saturated heterocycles. The fourth-order valence-electron chi connectivity index (χ4n) is 3.59. The highest BCUT2D eigenvalue weighted by atomic mass is 16.2. The summed E-state index contributed by atoms with van der Waals surface area (Å²) in [6.45, 7) is 0.432. The Balaban J connectivity index is 2.01. The molecule has 1 aliphatic carbocycles. The van der Waals surface area contributed by atoms with E-state index in [0.29, 0.717) is 6.54 Å². The summed E-state index contributed by atoms with van der Waals surface area (Å²) in [5.74, 6) is 0.159. The van der Waals surface area contributed by atoms with Gasteiger partial charge in [-0.3, -0.25) is 4.79 Å². The van der Waals surface area contributed by atoms with E-state index in [4.69, 9.17) is 0 Å². The van der Waals surface area contributed by atoms with E-state index in [1.807, 2.05) is 37.0 Å².